The molecule has 2 heterocycles. The standard InChI is InChI=1S/C31H35N3O/c1-23-12-13-27(33-30-20-24(2)32-29-11-7-6-10-28(29)30)22-31(23)35-19-18-34-16-14-26(15-17-34)21-25-8-4-3-5-9-25/h3-13,20,22,26H,14-19,21H2,1-2H3,(H,32,33). The number of para-hydroxylation sites is 1. The van der Waals surface area contributed by atoms with Gasteiger partial charge in [-0.25, -0.2) is 0 Å². The fourth-order valence-electron chi connectivity index (χ4n) is 5.05. The monoisotopic (exact) mass is 465 g/mol. The number of ether oxygens (including phenoxy) is 1. The highest BCUT2D eigenvalue weighted by Gasteiger charge is 2.19. The molecule has 180 valence electrons. The Kier molecular flexibility index (Phi) is 7.29. The van der Waals surface area contributed by atoms with Crippen LogP contribution in [0.1, 0.15) is 29.7 Å². The molecule has 0 aliphatic carbocycles. The van der Waals surface area contributed by atoms with Crippen LogP contribution in [0.15, 0.2) is 78.9 Å². The summed E-state index contributed by atoms with van der Waals surface area (Å²) in [6.07, 6.45) is 3.75. The molecule has 35 heavy (non-hydrogen) atoms. The second-order valence-electron chi connectivity index (χ2n) is 9.76. The molecule has 0 atom stereocenters. The van der Waals surface area contributed by atoms with E-state index < -0.39 is 0 Å². The van der Waals surface area contributed by atoms with Gasteiger partial charge in [-0.3, -0.25) is 9.88 Å². The SMILES string of the molecule is Cc1cc(Nc2ccc(C)c(OCCN3CCC(Cc4ccccc4)CC3)c2)c2ccccc2n1. The molecule has 4 nitrogen and oxygen atoms in total. The van der Waals surface area contributed by atoms with Crippen molar-refractivity contribution in [3.8, 4) is 5.75 Å². The normalized spacial score (nSPS) is 14.8. The van der Waals surface area contributed by atoms with E-state index in [1.807, 2.05) is 13.0 Å². The zero-order valence-corrected chi connectivity index (χ0v) is 20.8. The molecule has 0 radical (unpaired) electrons. The van der Waals surface area contributed by atoms with Crippen molar-refractivity contribution in [1.29, 1.82) is 0 Å². The van der Waals surface area contributed by atoms with Gasteiger partial charge in [-0.05, 0) is 81.4 Å². The molecule has 1 fully saturated rings. The molecule has 4 heteroatoms. The largest absolute Gasteiger partial charge is 0.492 e. The Bertz CT molecular complexity index is 1260. The van der Waals surface area contributed by atoms with Gasteiger partial charge in [-0.15, -0.1) is 0 Å². The van der Waals surface area contributed by atoms with Gasteiger partial charge in [0.25, 0.3) is 0 Å². The van der Waals surface area contributed by atoms with Crippen molar-refractivity contribution in [2.45, 2.75) is 33.1 Å². The molecule has 1 saturated heterocycles. The maximum absolute atomic E-state index is 6.26. The summed E-state index contributed by atoms with van der Waals surface area (Å²) in [5.74, 6) is 1.75. The van der Waals surface area contributed by atoms with Gasteiger partial charge >= 0.3 is 0 Å². The predicted molar refractivity (Wildman–Crippen MR) is 146 cm³/mol. The molecule has 1 aliphatic rings. The average molecular weight is 466 g/mol. The summed E-state index contributed by atoms with van der Waals surface area (Å²) < 4.78 is 6.26. The number of nitrogens with one attached hydrogen (secondary N) is 1. The summed E-state index contributed by atoms with van der Waals surface area (Å²) >= 11 is 0. The molecule has 1 aliphatic heterocycles. The molecule has 4 aromatic rings. The average Bonchev–Trinajstić information content (AvgIpc) is 2.87. The van der Waals surface area contributed by atoms with Crippen LogP contribution in [0, 0.1) is 19.8 Å². The third kappa shape index (κ3) is 6.01. The van der Waals surface area contributed by atoms with E-state index in [1.54, 1.807) is 0 Å². The molecular formula is C31H35N3O. The van der Waals surface area contributed by atoms with Gasteiger partial charge in [0.2, 0.25) is 0 Å². The number of aryl methyl sites for hydroxylation is 2. The van der Waals surface area contributed by atoms with Gasteiger partial charge in [-0.2, -0.15) is 0 Å². The molecular weight excluding hydrogens is 430 g/mol. The van der Waals surface area contributed by atoms with Crippen molar-refractivity contribution >= 4 is 22.3 Å². The third-order valence-electron chi connectivity index (χ3n) is 7.05. The molecule has 5 rings (SSSR count). The number of pyridine rings is 1. The Morgan fingerprint density at radius 3 is 2.51 bits per heavy atom. The Balaban J connectivity index is 1.15. The van der Waals surface area contributed by atoms with Crippen molar-refractivity contribution < 1.29 is 4.74 Å². The molecule has 0 spiro atoms. The Hall–Kier alpha value is -3.37. The van der Waals surface area contributed by atoms with Gasteiger partial charge in [-0.1, -0.05) is 54.6 Å². The topological polar surface area (TPSA) is 37.4 Å². The van der Waals surface area contributed by atoms with Crippen LogP contribution in [0.2, 0.25) is 0 Å². The van der Waals surface area contributed by atoms with Crippen molar-refractivity contribution in [3.05, 3.63) is 95.7 Å². The smallest absolute Gasteiger partial charge is 0.124 e. The fraction of sp³-hybridized carbons (Fsp3) is 0.323. The molecule has 0 amide bonds. The quantitative estimate of drug-likeness (QED) is 0.306. The number of nitrogens with zero attached hydrogens (tertiary/aromatic N) is 2. The van der Waals surface area contributed by atoms with Crippen molar-refractivity contribution in [2.75, 3.05) is 31.6 Å². The lowest BCUT2D eigenvalue weighted by Gasteiger charge is -2.32. The van der Waals surface area contributed by atoms with Crippen molar-refractivity contribution in [3.63, 3.8) is 0 Å². The number of hydrogen-bond acceptors (Lipinski definition) is 4. The second-order valence-corrected chi connectivity index (χ2v) is 9.76. The summed E-state index contributed by atoms with van der Waals surface area (Å²) in [6.45, 7) is 8.16. The highest BCUT2D eigenvalue weighted by Crippen LogP contribution is 2.29. The summed E-state index contributed by atoms with van der Waals surface area (Å²) in [7, 11) is 0. The van der Waals surface area contributed by atoms with Crippen LogP contribution in [0.25, 0.3) is 10.9 Å². The van der Waals surface area contributed by atoms with E-state index in [-0.39, 0.29) is 0 Å². The number of anilines is 2. The van der Waals surface area contributed by atoms with E-state index in [1.165, 1.54) is 24.8 Å². The number of likely N-dealkylation sites (tertiary alicyclic amines) is 1. The maximum atomic E-state index is 6.26. The van der Waals surface area contributed by atoms with Crippen LogP contribution in [-0.2, 0) is 6.42 Å². The van der Waals surface area contributed by atoms with Crippen LogP contribution in [0.4, 0.5) is 11.4 Å². The third-order valence-corrected chi connectivity index (χ3v) is 7.05. The van der Waals surface area contributed by atoms with E-state index in [2.05, 4.69) is 94.9 Å². The van der Waals surface area contributed by atoms with E-state index in [4.69, 9.17) is 4.74 Å². The minimum Gasteiger partial charge on any atom is -0.492 e. The summed E-state index contributed by atoms with van der Waals surface area (Å²) in [6, 6.07) is 27.6. The lowest BCUT2D eigenvalue weighted by molar-refractivity contribution is 0.154. The fourth-order valence-corrected chi connectivity index (χ4v) is 5.05. The van der Waals surface area contributed by atoms with E-state index in [0.29, 0.717) is 6.61 Å². The first-order chi connectivity index (χ1) is 17.1. The lowest BCUT2D eigenvalue weighted by Crippen LogP contribution is -2.37. The Labute approximate surface area is 209 Å². The van der Waals surface area contributed by atoms with Gasteiger partial charge in [0, 0.05) is 35.1 Å². The van der Waals surface area contributed by atoms with Crippen LogP contribution < -0.4 is 10.1 Å². The van der Waals surface area contributed by atoms with E-state index in [9.17, 15) is 0 Å². The van der Waals surface area contributed by atoms with Crippen molar-refractivity contribution in [1.82, 2.24) is 9.88 Å². The summed E-state index contributed by atoms with van der Waals surface area (Å²) in [4.78, 5) is 7.20. The molecule has 1 N–H and O–H groups in total. The van der Waals surface area contributed by atoms with Crippen LogP contribution >= 0.6 is 0 Å². The van der Waals surface area contributed by atoms with Crippen molar-refractivity contribution in [2.24, 2.45) is 5.92 Å². The van der Waals surface area contributed by atoms with E-state index >= 15 is 0 Å². The molecule has 0 saturated carbocycles. The zero-order valence-electron chi connectivity index (χ0n) is 20.8. The Morgan fingerprint density at radius 2 is 1.69 bits per heavy atom. The Morgan fingerprint density at radius 1 is 0.914 bits per heavy atom. The predicted octanol–water partition coefficient (Wildman–Crippen LogP) is 6.93. The zero-order chi connectivity index (χ0) is 24.0. The second kappa shape index (κ2) is 10.9. The number of rotatable bonds is 8. The summed E-state index contributed by atoms with van der Waals surface area (Å²) in [5.41, 5.74) is 6.74. The van der Waals surface area contributed by atoms with Crippen LogP contribution in [0.3, 0.4) is 0 Å². The molecule has 0 unspecified atom stereocenters. The number of piperidine rings is 1. The summed E-state index contributed by atoms with van der Waals surface area (Å²) in [5, 5.41) is 4.71. The number of hydrogen-bond donors (Lipinski definition) is 1. The minimum absolute atomic E-state index is 0.713. The van der Waals surface area contributed by atoms with Gasteiger partial charge < -0.3 is 10.1 Å². The van der Waals surface area contributed by atoms with Gasteiger partial charge in [0.15, 0.2) is 0 Å². The highest BCUT2D eigenvalue weighted by atomic mass is 16.5. The lowest BCUT2D eigenvalue weighted by atomic mass is 9.90. The molecule has 1 aromatic heterocycles. The van der Waals surface area contributed by atoms with Crippen LogP contribution in [-0.4, -0.2) is 36.1 Å². The molecule has 3 aromatic carbocycles. The van der Waals surface area contributed by atoms with Gasteiger partial charge in [0.05, 0.1) is 5.52 Å². The maximum Gasteiger partial charge on any atom is 0.124 e. The van der Waals surface area contributed by atoms with Crippen LogP contribution in [0.5, 0.6) is 5.75 Å². The first-order valence-corrected chi connectivity index (χ1v) is 12.8. The van der Waals surface area contributed by atoms with Gasteiger partial charge in [0.1, 0.15) is 12.4 Å². The first kappa shape index (κ1) is 23.4. The number of benzene rings is 3. The number of aromatic nitrogens is 1. The molecule has 0 bridgehead atoms. The number of fused-ring (bicyclic) bond motifs is 1. The highest BCUT2D eigenvalue weighted by molar-refractivity contribution is 5.93. The van der Waals surface area contributed by atoms with E-state index in [0.717, 1.165) is 64.8 Å². The first-order valence-electron chi connectivity index (χ1n) is 12.8. The minimum atomic E-state index is 0.713.